The zero-order valence-corrected chi connectivity index (χ0v) is 11.4. The Labute approximate surface area is 108 Å². The average molecular weight is 269 g/mol. The van der Waals surface area contributed by atoms with Gasteiger partial charge in [0.25, 0.3) is 0 Å². The predicted molar refractivity (Wildman–Crippen MR) is 71.9 cm³/mol. The summed E-state index contributed by atoms with van der Waals surface area (Å²) in [6.45, 7) is 0. The van der Waals surface area contributed by atoms with Crippen molar-refractivity contribution in [2.75, 3.05) is 19.4 Å². The Morgan fingerprint density at radius 1 is 1.22 bits per heavy atom. The third kappa shape index (κ3) is 2.66. The lowest BCUT2D eigenvalue weighted by atomic mass is 9.87. The number of nitrogens with one attached hydrogen (secondary N) is 1. The number of hydrogen-bond acceptors (Lipinski definition) is 4. The number of nitrogens with two attached hydrogens (primary N) is 1. The summed E-state index contributed by atoms with van der Waals surface area (Å²) in [7, 11) is -0.287. The third-order valence-electron chi connectivity index (χ3n) is 3.18. The van der Waals surface area contributed by atoms with Crippen LogP contribution in [-0.2, 0) is 10.0 Å². The summed E-state index contributed by atoms with van der Waals surface area (Å²) >= 11 is 0. The van der Waals surface area contributed by atoms with Gasteiger partial charge < -0.3 is 11.1 Å². The SMILES string of the molecule is CN(C)S(=O)(=O)c1ccc(NC2CC(N)C2)cc1. The number of anilines is 1. The molecule has 6 heteroatoms. The van der Waals surface area contributed by atoms with E-state index >= 15 is 0 Å². The fourth-order valence-electron chi connectivity index (χ4n) is 1.95. The molecule has 0 aliphatic heterocycles. The van der Waals surface area contributed by atoms with Crippen LogP contribution in [0.3, 0.4) is 0 Å². The largest absolute Gasteiger partial charge is 0.382 e. The fraction of sp³-hybridized carbons (Fsp3) is 0.500. The molecule has 0 spiro atoms. The van der Waals surface area contributed by atoms with Gasteiger partial charge in [-0.05, 0) is 37.1 Å². The zero-order chi connectivity index (χ0) is 13.3. The molecule has 3 N–H and O–H groups in total. The topological polar surface area (TPSA) is 75.4 Å². The number of hydrogen-bond donors (Lipinski definition) is 2. The Bertz CT molecular complexity index is 505. The van der Waals surface area contributed by atoms with Gasteiger partial charge in [0.15, 0.2) is 0 Å². The Balaban J connectivity index is 2.06. The first-order chi connectivity index (χ1) is 8.39. The first-order valence-corrected chi connectivity index (χ1v) is 7.38. The van der Waals surface area contributed by atoms with Crippen LogP contribution in [0.5, 0.6) is 0 Å². The first-order valence-electron chi connectivity index (χ1n) is 5.94. The zero-order valence-electron chi connectivity index (χ0n) is 10.6. The van der Waals surface area contributed by atoms with Gasteiger partial charge in [-0.3, -0.25) is 0 Å². The minimum absolute atomic E-state index is 0.302. The maximum atomic E-state index is 11.9. The van der Waals surface area contributed by atoms with Crippen molar-refractivity contribution in [2.45, 2.75) is 29.8 Å². The van der Waals surface area contributed by atoms with Crippen molar-refractivity contribution in [2.24, 2.45) is 5.73 Å². The Morgan fingerprint density at radius 2 is 1.78 bits per heavy atom. The minimum atomic E-state index is -3.34. The van der Waals surface area contributed by atoms with E-state index in [0.29, 0.717) is 17.0 Å². The molecule has 1 aliphatic carbocycles. The lowest BCUT2D eigenvalue weighted by Gasteiger charge is -2.33. The molecule has 0 unspecified atom stereocenters. The van der Waals surface area contributed by atoms with E-state index < -0.39 is 10.0 Å². The summed E-state index contributed by atoms with van der Waals surface area (Å²) in [6.07, 6.45) is 1.94. The van der Waals surface area contributed by atoms with Crippen molar-refractivity contribution in [3.05, 3.63) is 24.3 Å². The molecule has 5 nitrogen and oxygen atoms in total. The van der Waals surface area contributed by atoms with Crippen LogP contribution >= 0.6 is 0 Å². The van der Waals surface area contributed by atoms with Gasteiger partial charge in [-0.25, -0.2) is 12.7 Å². The molecule has 0 bridgehead atoms. The van der Waals surface area contributed by atoms with Gasteiger partial charge in [0.05, 0.1) is 4.90 Å². The van der Waals surface area contributed by atoms with Crippen molar-refractivity contribution < 1.29 is 8.42 Å². The highest BCUT2D eigenvalue weighted by atomic mass is 32.2. The quantitative estimate of drug-likeness (QED) is 0.849. The molecule has 1 aromatic rings. The van der Waals surface area contributed by atoms with Gasteiger partial charge >= 0.3 is 0 Å². The lowest BCUT2D eigenvalue weighted by Crippen LogP contribution is -2.44. The Kier molecular flexibility index (Phi) is 3.61. The highest BCUT2D eigenvalue weighted by Gasteiger charge is 2.25. The lowest BCUT2D eigenvalue weighted by molar-refractivity contribution is 0.373. The monoisotopic (exact) mass is 269 g/mol. The molecular formula is C12H19N3O2S. The molecule has 100 valence electrons. The summed E-state index contributed by atoms with van der Waals surface area (Å²) in [5.74, 6) is 0. The van der Waals surface area contributed by atoms with E-state index in [-0.39, 0.29) is 0 Å². The van der Waals surface area contributed by atoms with Crippen LogP contribution in [0.4, 0.5) is 5.69 Å². The molecule has 1 aliphatic rings. The van der Waals surface area contributed by atoms with Crippen molar-refractivity contribution in [3.63, 3.8) is 0 Å². The van der Waals surface area contributed by atoms with Gasteiger partial charge in [-0.15, -0.1) is 0 Å². The van der Waals surface area contributed by atoms with Crippen LogP contribution in [0.25, 0.3) is 0 Å². The van der Waals surface area contributed by atoms with E-state index in [1.165, 1.54) is 18.4 Å². The van der Waals surface area contributed by atoms with Crippen LogP contribution in [0, 0.1) is 0 Å². The Hall–Kier alpha value is -1.11. The van der Waals surface area contributed by atoms with Gasteiger partial charge in [0.1, 0.15) is 0 Å². The minimum Gasteiger partial charge on any atom is -0.382 e. The first kappa shape index (κ1) is 13.3. The molecule has 1 aromatic carbocycles. The second kappa shape index (κ2) is 4.87. The second-order valence-corrected chi connectivity index (χ2v) is 7.04. The highest BCUT2D eigenvalue weighted by molar-refractivity contribution is 7.89. The maximum absolute atomic E-state index is 11.9. The van der Waals surface area contributed by atoms with E-state index in [0.717, 1.165) is 18.5 Å². The molecule has 0 saturated heterocycles. The summed E-state index contributed by atoms with van der Waals surface area (Å²) in [5, 5.41) is 3.33. The van der Waals surface area contributed by atoms with E-state index in [9.17, 15) is 8.42 Å². The summed E-state index contributed by atoms with van der Waals surface area (Å²) in [5.41, 5.74) is 6.65. The van der Waals surface area contributed by atoms with Crippen molar-refractivity contribution >= 4 is 15.7 Å². The third-order valence-corrected chi connectivity index (χ3v) is 5.01. The number of rotatable bonds is 4. The fourth-order valence-corrected chi connectivity index (χ4v) is 2.85. The predicted octanol–water partition coefficient (Wildman–Crippen LogP) is 0.838. The van der Waals surface area contributed by atoms with Gasteiger partial charge in [0.2, 0.25) is 10.0 Å². The van der Waals surface area contributed by atoms with Crippen molar-refractivity contribution in [3.8, 4) is 0 Å². The van der Waals surface area contributed by atoms with Crippen molar-refractivity contribution in [1.29, 1.82) is 0 Å². The number of benzene rings is 1. The summed E-state index contributed by atoms with van der Waals surface area (Å²) in [4.78, 5) is 0.309. The van der Waals surface area contributed by atoms with E-state index in [4.69, 9.17) is 5.73 Å². The second-order valence-electron chi connectivity index (χ2n) is 4.88. The average Bonchev–Trinajstić information content (AvgIpc) is 2.27. The number of sulfonamides is 1. The van der Waals surface area contributed by atoms with Crippen molar-refractivity contribution in [1.82, 2.24) is 4.31 Å². The van der Waals surface area contributed by atoms with Crippen LogP contribution in [-0.4, -0.2) is 38.9 Å². The summed E-state index contributed by atoms with van der Waals surface area (Å²) < 4.78 is 24.9. The molecule has 1 fully saturated rings. The maximum Gasteiger partial charge on any atom is 0.242 e. The van der Waals surface area contributed by atoms with Gasteiger partial charge in [-0.1, -0.05) is 0 Å². The molecule has 0 amide bonds. The molecule has 2 rings (SSSR count). The molecule has 18 heavy (non-hydrogen) atoms. The van der Waals surface area contributed by atoms with Gasteiger partial charge in [0, 0.05) is 31.9 Å². The van der Waals surface area contributed by atoms with Crippen LogP contribution < -0.4 is 11.1 Å². The molecule has 0 atom stereocenters. The number of nitrogens with zero attached hydrogens (tertiary/aromatic N) is 1. The smallest absolute Gasteiger partial charge is 0.242 e. The molecule has 0 heterocycles. The van der Waals surface area contributed by atoms with Crippen LogP contribution in [0.2, 0.25) is 0 Å². The van der Waals surface area contributed by atoms with E-state index in [2.05, 4.69) is 5.32 Å². The highest BCUT2D eigenvalue weighted by Crippen LogP contribution is 2.23. The Morgan fingerprint density at radius 3 is 2.22 bits per heavy atom. The molecule has 1 saturated carbocycles. The molecule has 0 radical (unpaired) electrons. The van der Waals surface area contributed by atoms with E-state index in [1.807, 2.05) is 0 Å². The van der Waals surface area contributed by atoms with Crippen LogP contribution in [0.1, 0.15) is 12.8 Å². The van der Waals surface area contributed by atoms with Gasteiger partial charge in [-0.2, -0.15) is 0 Å². The molecular weight excluding hydrogens is 250 g/mol. The van der Waals surface area contributed by atoms with E-state index in [1.54, 1.807) is 24.3 Å². The summed E-state index contributed by atoms with van der Waals surface area (Å²) in [6, 6.07) is 7.54. The molecule has 0 aromatic heterocycles. The van der Waals surface area contributed by atoms with Crippen LogP contribution in [0.15, 0.2) is 29.2 Å². The normalized spacial score (nSPS) is 23.8. The standard InChI is InChI=1S/C12H19N3O2S/c1-15(2)18(16,17)12-5-3-10(4-6-12)14-11-7-9(13)8-11/h3-6,9,11,14H,7-8,13H2,1-2H3.